The SMILES string of the molecule is COC(=O)c1ccc(S(=O)(=O)N2CCCCC2CNC(=O)OC(C)(C)C)c(C)c1. The largest absolute Gasteiger partial charge is 0.465 e. The van der Waals surface area contributed by atoms with Gasteiger partial charge in [-0.15, -0.1) is 0 Å². The van der Waals surface area contributed by atoms with Gasteiger partial charge in [0, 0.05) is 19.1 Å². The number of benzene rings is 1. The van der Waals surface area contributed by atoms with Crippen LogP contribution in [0.15, 0.2) is 23.1 Å². The van der Waals surface area contributed by atoms with Crippen molar-refractivity contribution in [2.24, 2.45) is 0 Å². The Labute approximate surface area is 172 Å². The van der Waals surface area contributed by atoms with Crippen LogP contribution in [0.4, 0.5) is 4.79 Å². The van der Waals surface area contributed by atoms with E-state index in [-0.39, 0.29) is 17.5 Å². The third-order valence-electron chi connectivity index (χ3n) is 4.64. The number of methoxy groups -OCH3 is 1. The number of carbonyl (C=O) groups excluding carboxylic acids is 2. The number of rotatable bonds is 5. The van der Waals surface area contributed by atoms with E-state index < -0.39 is 27.7 Å². The van der Waals surface area contributed by atoms with Crippen molar-refractivity contribution in [1.82, 2.24) is 9.62 Å². The highest BCUT2D eigenvalue weighted by Gasteiger charge is 2.35. The molecule has 8 nitrogen and oxygen atoms in total. The average molecular weight is 427 g/mol. The van der Waals surface area contributed by atoms with Gasteiger partial charge >= 0.3 is 12.1 Å². The van der Waals surface area contributed by atoms with Crippen molar-refractivity contribution in [2.45, 2.75) is 63.5 Å². The first-order chi connectivity index (χ1) is 13.5. The van der Waals surface area contributed by atoms with Gasteiger partial charge in [0.2, 0.25) is 10.0 Å². The van der Waals surface area contributed by atoms with Crippen molar-refractivity contribution in [2.75, 3.05) is 20.2 Å². The second-order valence-corrected chi connectivity index (χ2v) is 9.98. The predicted octanol–water partition coefficient (Wildman–Crippen LogP) is 2.85. The van der Waals surface area contributed by atoms with Gasteiger partial charge in [-0.1, -0.05) is 6.42 Å². The molecule has 1 aromatic rings. The molecule has 2 rings (SSSR count). The molecule has 1 heterocycles. The number of esters is 1. The van der Waals surface area contributed by atoms with E-state index in [1.54, 1.807) is 27.7 Å². The lowest BCUT2D eigenvalue weighted by atomic mass is 10.1. The zero-order chi connectivity index (χ0) is 21.8. The van der Waals surface area contributed by atoms with Crippen LogP contribution in [0.25, 0.3) is 0 Å². The molecule has 1 unspecified atom stereocenters. The summed E-state index contributed by atoms with van der Waals surface area (Å²) in [7, 11) is -2.51. The molecule has 0 saturated carbocycles. The summed E-state index contributed by atoms with van der Waals surface area (Å²) in [4.78, 5) is 23.8. The van der Waals surface area contributed by atoms with Crippen LogP contribution in [0, 0.1) is 6.92 Å². The van der Waals surface area contributed by atoms with Gasteiger partial charge in [0.15, 0.2) is 0 Å². The number of carbonyl (C=O) groups is 2. The number of alkyl carbamates (subject to hydrolysis) is 1. The van der Waals surface area contributed by atoms with Crippen LogP contribution in [0.2, 0.25) is 0 Å². The monoisotopic (exact) mass is 426 g/mol. The summed E-state index contributed by atoms with van der Waals surface area (Å²) in [5.74, 6) is -0.519. The Hall–Kier alpha value is -2.13. The van der Waals surface area contributed by atoms with E-state index in [2.05, 4.69) is 10.1 Å². The third-order valence-corrected chi connectivity index (χ3v) is 6.75. The molecule has 0 aliphatic carbocycles. The molecule has 1 fully saturated rings. The fraction of sp³-hybridized carbons (Fsp3) is 0.600. The Morgan fingerprint density at radius 2 is 1.93 bits per heavy atom. The number of nitrogens with one attached hydrogen (secondary N) is 1. The highest BCUT2D eigenvalue weighted by molar-refractivity contribution is 7.89. The van der Waals surface area contributed by atoms with Gasteiger partial charge in [-0.3, -0.25) is 0 Å². The zero-order valence-electron chi connectivity index (χ0n) is 17.6. The molecule has 1 aliphatic rings. The molecular formula is C20H30N2O6S. The van der Waals surface area contributed by atoms with Crippen molar-refractivity contribution in [3.05, 3.63) is 29.3 Å². The first-order valence-electron chi connectivity index (χ1n) is 9.63. The summed E-state index contributed by atoms with van der Waals surface area (Å²) < 4.78 is 38.0. The molecule has 1 aromatic carbocycles. The maximum atomic E-state index is 13.3. The average Bonchev–Trinajstić information content (AvgIpc) is 2.64. The maximum absolute atomic E-state index is 13.3. The quantitative estimate of drug-likeness (QED) is 0.727. The summed E-state index contributed by atoms with van der Waals surface area (Å²) in [6.07, 6.45) is 1.71. The van der Waals surface area contributed by atoms with Gasteiger partial charge < -0.3 is 14.8 Å². The lowest BCUT2D eigenvalue weighted by molar-refractivity contribution is 0.0511. The predicted molar refractivity (Wildman–Crippen MR) is 108 cm³/mol. The third kappa shape index (κ3) is 5.93. The molecule has 9 heteroatoms. The minimum absolute atomic E-state index is 0.148. The topological polar surface area (TPSA) is 102 Å². The minimum Gasteiger partial charge on any atom is -0.465 e. The summed E-state index contributed by atoms with van der Waals surface area (Å²) >= 11 is 0. The van der Waals surface area contributed by atoms with E-state index in [0.717, 1.165) is 12.8 Å². The molecular weight excluding hydrogens is 396 g/mol. The molecule has 1 aliphatic heterocycles. The van der Waals surface area contributed by atoms with Crippen LogP contribution in [0.5, 0.6) is 0 Å². The van der Waals surface area contributed by atoms with Crippen molar-refractivity contribution in [1.29, 1.82) is 0 Å². The van der Waals surface area contributed by atoms with Crippen molar-refractivity contribution >= 4 is 22.1 Å². The zero-order valence-corrected chi connectivity index (χ0v) is 18.5. The van der Waals surface area contributed by atoms with Crippen molar-refractivity contribution < 1.29 is 27.5 Å². The molecule has 0 bridgehead atoms. The second-order valence-electron chi connectivity index (χ2n) is 8.12. The minimum atomic E-state index is -3.78. The Morgan fingerprint density at radius 1 is 1.24 bits per heavy atom. The summed E-state index contributed by atoms with van der Waals surface area (Å²) in [6.45, 7) is 7.51. The lowest BCUT2D eigenvalue weighted by Crippen LogP contribution is -2.49. The molecule has 1 N–H and O–H groups in total. The molecule has 1 atom stereocenters. The van der Waals surface area contributed by atoms with Gasteiger partial charge in [0.1, 0.15) is 5.60 Å². The van der Waals surface area contributed by atoms with Gasteiger partial charge in [-0.25, -0.2) is 18.0 Å². The normalized spacial score (nSPS) is 18.2. The number of aryl methyl sites for hydroxylation is 1. The van der Waals surface area contributed by atoms with Crippen LogP contribution < -0.4 is 5.32 Å². The number of hydrogen-bond acceptors (Lipinski definition) is 6. The van der Waals surface area contributed by atoms with Crippen LogP contribution in [0.1, 0.15) is 56.0 Å². The van der Waals surface area contributed by atoms with E-state index >= 15 is 0 Å². The van der Waals surface area contributed by atoms with Crippen LogP contribution in [-0.4, -0.2) is 56.6 Å². The van der Waals surface area contributed by atoms with Gasteiger partial charge in [0.25, 0.3) is 0 Å². The molecule has 0 aromatic heterocycles. The Kier molecular flexibility index (Phi) is 7.29. The number of ether oxygens (including phenoxy) is 2. The Balaban J connectivity index is 2.20. The Bertz CT molecular complexity index is 860. The van der Waals surface area contributed by atoms with Crippen LogP contribution in [-0.2, 0) is 19.5 Å². The number of nitrogens with zero attached hydrogens (tertiary/aromatic N) is 1. The number of piperidine rings is 1. The van der Waals surface area contributed by atoms with E-state index in [1.807, 2.05) is 0 Å². The standard InChI is InChI=1S/C20H30N2O6S/c1-14-12-15(18(23)27-5)9-10-17(14)29(25,26)22-11-7-6-8-16(22)13-21-19(24)28-20(2,3)4/h9-10,12,16H,6-8,11,13H2,1-5H3,(H,21,24). The number of sulfonamides is 1. The van der Waals surface area contributed by atoms with Gasteiger partial charge in [0.05, 0.1) is 17.6 Å². The molecule has 0 spiro atoms. The van der Waals surface area contributed by atoms with E-state index in [4.69, 9.17) is 4.74 Å². The summed E-state index contributed by atoms with van der Waals surface area (Å²) in [5.41, 5.74) is 0.143. The first-order valence-corrected chi connectivity index (χ1v) is 11.1. The smallest absolute Gasteiger partial charge is 0.407 e. The second kappa shape index (κ2) is 9.13. The fourth-order valence-corrected chi connectivity index (χ4v) is 5.22. The lowest BCUT2D eigenvalue weighted by Gasteiger charge is -2.35. The first kappa shape index (κ1) is 23.2. The summed E-state index contributed by atoms with van der Waals surface area (Å²) in [5, 5.41) is 2.68. The highest BCUT2D eigenvalue weighted by atomic mass is 32.2. The van der Waals surface area contributed by atoms with Crippen LogP contribution in [0.3, 0.4) is 0 Å². The van der Waals surface area contributed by atoms with Gasteiger partial charge in [-0.2, -0.15) is 4.31 Å². The molecule has 162 valence electrons. The van der Waals surface area contributed by atoms with E-state index in [0.29, 0.717) is 24.1 Å². The maximum Gasteiger partial charge on any atom is 0.407 e. The Morgan fingerprint density at radius 3 is 2.52 bits per heavy atom. The molecule has 29 heavy (non-hydrogen) atoms. The molecule has 0 radical (unpaired) electrons. The highest BCUT2D eigenvalue weighted by Crippen LogP contribution is 2.27. The summed E-state index contributed by atoms with van der Waals surface area (Å²) in [6, 6.07) is 4.03. The molecule has 1 amide bonds. The number of amides is 1. The van der Waals surface area contributed by atoms with Crippen LogP contribution >= 0.6 is 0 Å². The van der Waals surface area contributed by atoms with Crippen molar-refractivity contribution in [3.63, 3.8) is 0 Å². The van der Waals surface area contributed by atoms with Gasteiger partial charge in [-0.05, 0) is 64.3 Å². The fourth-order valence-electron chi connectivity index (χ4n) is 3.32. The molecule has 1 saturated heterocycles. The van der Waals surface area contributed by atoms with Crippen molar-refractivity contribution in [3.8, 4) is 0 Å². The van der Waals surface area contributed by atoms with E-state index in [1.165, 1.54) is 29.6 Å². The van der Waals surface area contributed by atoms with E-state index in [9.17, 15) is 18.0 Å². The number of hydrogen-bond donors (Lipinski definition) is 1.